The zero-order valence-corrected chi connectivity index (χ0v) is 25.2. The van der Waals surface area contributed by atoms with Gasteiger partial charge in [0.15, 0.2) is 0 Å². The molecule has 4 rings (SSSR count). The summed E-state index contributed by atoms with van der Waals surface area (Å²) in [5.74, 6) is 0.1000. The second kappa shape index (κ2) is 14.0. The van der Waals surface area contributed by atoms with E-state index in [-0.39, 0.29) is 30.0 Å². The number of rotatable bonds is 11. The Morgan fingerprint density at radius 1 is 1.17 bits per heavy atom. The van der Waals surface area contributed by atoms with Crippen molar-refractivity contribution in [3.63, 3.8) is 0 Å². The number of pyridine rings is 1. The molecule has 0 saturated carbocycles. The Morgan fingerprint density at radius 2 is 1.88 bits per heavy atom. The van der Waals surface area contributed by atoms with E-state index in [9.17, 15) is 19.6 Å². The van der Waals surface area contributed by atoms with Gasteiger partial charge in [-0.3, -0.25) is 23.9 Å². The van der Waals surface area contributed by atoms with E-state index in [0.29, 0.717) is 39.2 Å². The number of nitriles is 1. The molecule has 0 aliphatic carbocycles. The molecular formula is C31H36N4O4S2. The number of aliphatic carboxylic acids is 1. The summed E-state index contributed by atoms with van der Waals surface area (Å²) in [5.41, 5.74) is 2.38. The number of benzene rings is 1. The number of hydrogen-bond acceptors (Lipinski definition) is 7. The van der Waals surface area contributed by atoms with E-state index >= 15 is 0 Å². The van der Waals surface area contributed by atoms with Crippen LogP contribution in [0.25, 0.3) is 6.08 Å². The molecule has 0 bridgehead atoms. The summed E-state index contributed by atoms with van der Waals surface area (Å²) in [6.45, 7) is 6.09. The Morgan fingerprint density at radius 3 is 2.51 bits per heavy atom. The molecule has 1 aromatic carbocycles. The quantitative estimate of drug-likeness (QED) is 0.275. The van der Waals surface area contributed by atoms with Gasteiger partial charge in [-0.25, -0.2) is 0 Å². The Kier molecular flexibility index (Phi) is 10.4. The third kappa shape index (κ3) is 7.08. The minimum Gasteiger partial charge on any atom is -0.481 e. The fourth-order valence-electron chi connectivity index (χ4n) is 5.52. The maximum atomic E-state index is 13.6. The topological polar surface area (TPSA) is 107 Å². The molecular weight excluding hydrogens is 556 g/mol. The standard InChI is InChI=1S/C31H36N4O4S2/c1-3-4-14-34-28(33-16-12-23(13-17-33)18-22-9-6-5-7-10-22)24(21(2)25(20-32)29(34)38)19-26-30(39)35(31(40)41-26)15-8-11-27(36)37/h5-7,9-10,19,23H,3-4,8,11-18H2,1-2H3,(H,36,37)/b26-19-. The summed E-state index contributed by atoms with van der Waals surface area (Å²) in [6, 6.07) is 12.6. The molecule has 2 aliphatic heterocycles. The zero-order valence-electron chi connectivity index (χ0n) is 23.6. The molecule has 2 fully saturated rings. The molecule has 3 heterocycles. The largest absolute Gasteiger partial charge is 0.481 e. The van der Waals surface area contributed by atoms with Crippen LogP contribution < -0.4 is 10.5 Å². The lowest BCUT2D eigenvalue weighted by Crippen LogP contribution is -2.40. The summed E-state index contributed by atoms with van der Waals surface area (Å²) < 4.78 is 2.11. The van der Waals surface area contributed by atoms with E-state index in [2.05, 4.69) is 42.2 Å². The van der Waals surface area contributed by atoms with Crippen molar-refractivity contribution in [3.8, 4) is 6.07 Å². The minimum atomic E-state index is -0.919. The van der Waals surface area contributed by atoms with Crippen LogP contribution in [-0.2, 0) is 22.6 Å². The summed E-state index contributed by atoms with van der Waals surface area (Å²) in [6.07, 6.45) is 6.68. The van der Waals surface area contributed by atoms with Gasteiger partial charge in [-0.15, -0.1) is 0 Å². The number of piperidine rings is 1. The lowest BCUT2D eigenvalue weighted by atomic mass is 9.90. The van der Waals surface area contributed by atoms with Gasteiger partial charge in [0.05, 0.1) is 4.91 Å². The normalized spacial score (nSPS) is 17.0. The maximum Gasteiger partial charge on any atom is 0.303 e. The Labute approximate surface area is 250 Å². The van der Waals surface area contributed by atoms with Gasteiger partial charge in [0, 0.05) is 38.2 Å². The number of carbonyl (C=O) groups is 2. The molecule has 0 unspecified atom stereocenters. The van der Waals surface area contributed by atoms with Crippen LogP contribution in [0.3, 0.4) is 0 Å². The Balaban J connectivity index is 1.70. The van der Waals surface area contributed by atoms with Crippen molar-refractivity contribution in [2.45, 2.75) is 65.3 Å². The summed E-state index contributed by atoms with van der Waals surface area (Å²) in [7, 11) is 0. The smallest absolute Gasteiger partial charge is 0.303 e. The van der Waals surface area contributed by atoms with Crippen LogP contribution in [-0.4, -0.2) is 50.4 Å². The van der Waals surface area contributed by atoms with Gasteiger partial charge in [-0.2, -0.15) is 5.26 Å². The second-order valence-corrected chi connectivity index (χ2v) is 12.3. The number of anilines is 1. The summed E-state index contributed by atoms with van der Waals surface area (Å²) in [4.78, 5) is 42.0. The molecule has 1 aromatic heterocycles. The molecule has 0 radical (unpaired) electrons. The summed E-state index contributed by atoms with van der Waals surface area (Å²) >= 11 is 6.64. The highest BCUT2D eigenvalue weighted by Gasteiger charge is 2.33. The van der Waals surface area contributed by atoms with E-state index in [1.54, 1.807) is 17.6 Å². The monoisotopic (exact) mass is 592 g/mol. The SMILES string of the molecule is CCCCn1c(N2CCC(Cc3ccccc3)CC2)c(/C=C2\SC(=S)N(CCCC(=O)O)C2=O)c(C)c(C#N)c1=O. The van der Waals surface area contributed by atoms with Crippen molar-refractivity contribution in [1.29, 1.82) is 5.26 Å². The predicted octanol–water partition coefficient (Wildman–Crippen LogP) is 5.35. The fourth-order valence-corrected chi connectivity index (χ4v) is 6.81. The van der Waals surface area contributed by atoms with Crippen molar-refractivity contribution in [2.75, 3.05) is 24.5 Å². The van der Waals surface area contributed by atoms with Crippen LogP contribution in [0.2, 0.25) is 0 Å². The number of carboxylic acids is 1. The van der Waals surface area contributed by atoms with Gasteiger partial charge >= 0.3 is 5.97 Å². The fraction of sp³-hybridized carbons (Fsp3) is 0.452. The van der Waals surface area contributed by atoms with Crippen LogP contribution in [0.5, 0.6) is 0 Å². The molecule has 0 atom stereocenters. The third-order valence-corrected chi connectivity index (χ3v) is 9.16. The second-order valence-electron chi connectivity index (χ2n) is 10.6. The van der Waals surface area contributed by atoms with E-state index in [1.807, 2.05) is 6.07 Å². The van der Waals surface area contributed by atoms with Crippen LogP contribution in [0.1, 0.15) is 67.7 Å². The van der Waals surface area contributed by atoms with Gasteiger partial charge in [-0.05, 0) is 62.1 Å². The van der Waals surface area contributed by atoms with Crippen molar-refractivity contribution >= 4 is 52.1 Å². The molecule has 10 heteroatoms. The third-order valence-electron chi connectivity index (χ3n) is 7.78. The van der Waals surface area contributed by atoms with Crippen LogP contribution in [0, 0.1) is 24.2 Å². The lowest BCUT2D eigenvalue weighted by molar-refractivity contribution is -0.137. The summed E-state index contributed by atoms with van der Waals surface area (Å²) in [5, 5.41) is 18.9. The highest BCUT2D eigenvalue weighted by Crippen LogP contribution is 2.37. The molecule has 0 spiro atoms. The Hall–Kier alpha value is -3.42. The first kappa shape index (κ1) is 30.5. The number of nitrogens with zero attached hydrogens (tertiary/aromatic N) is 4. The number of carboxylic acid groups (broad SMARTS) is 1. The first-order chi connectivity index (χ1) is 19.7. The average molecular weight is 593 g/mol. The van der Waals surface area contributed by atoms with Gasteiger partial charge in [-0.1, -0.05) is 67.7 Å². The van der Waals surface area contributed by atoms with Crippen LogP contribution in [0.4, 0.5) is 5.82 Å². The molecule has 8 nitrogen and oxygen atoms in total. The number of thiocarbonyl (C=S) groups is 1. The molecule has 2 aliphatic rings. The molecule has 1 amide bonds. The van der Waals surface area contributed by atoms with Gasteiger partial charge in [0.1, 0.15) is 21.8 Å². The number of unbranched alkanes of at least 4 members (excludes halogenated alkanes) is 1. The number of carbonyl (C=O) groups excluding carboxylic acids is 1. The number of thioether (sulfide) groups is 1. The molecule has 41 heavy (non-hydrogen) atoms. The number of amides is 1. The van der Waals surface area contributed by atoms with Crippen molar-refractivity contribution in [1.82, 2.24) is 9.47 Å². The molecule has 1 N–H and O–H groups in total. The van der Waals surface area contributed by atoms with E-state index in [4.69, 9.17) is 17.3 Å². The lowest BCUT2D eigenvalue weighted by Gasteiger charge is -2.36. The molecule has 2 aromatic rings. The number of hydrogen-bond donors (Lipinski definition) is 1. The first-order valence-corrected chi connectivity index (χ1v) is 15.4. The molecule has 216 valence electrons. The first-order valence-electron chi connectivity index (χ1n) is 14.2. The maximum absolute atomic E-state index is 13.6. The predicted molar refractivity (Wildman–Crippen MR) is 167 cm³/mol. The zero-order chi connectivity index (χ0) is 29.5. The van der Waals surface area contributed by atoms with Crippen LogP contribution in [0.15, 0.2) is 40.0 Å². The van der Waals surface area contributed by atoms with Gasteiger partial charge in [0.2, 0.25) is 0 Å². The van der Waals surface area contributed by atoms with E-state index in [0.717, 1.165) is 51.0 Å². The molecule has 2 saturated heterocycles. The van der Waals surface area contributed by atoms with Crippen molar-refractivity contribution in [3.05, 3.63) is 67.8 Å². The number of aromatic nitrogens is 1. The van der Waals surface area contributed by atoms with Crippen molar-refractivity contribution in [2.24, 2.45) is 5.92 Å². The minimum absolute atomic E-state index is 0.0481. The van der Waals surface area contributed by atoms with Crippen LogP contribution >= 0.6 is 24.0 Å². The average Bonchev–Trinajstić information content (AvgIpc) is 3.22. The van der Waals surface area contributed by atoms with E-state index in [1.165, 1.54) is 22.2 Å². The highest BCUT2D eigenvalue weighted by molar-refractivity contribution is 8.26. The highest BCUT2D eigenvalue weighted by atomic mass is 32.2. The Bertz CT molecular complexity index is 1440. The van der Waals surface area contributed by atoms with Gasteiger partial charge in [0.25, 0.3) is 11.5 Å². The van der Waals surface area contributed by atoms with Crippen molar-refractivity contribution < 1.29 is 14.7 Å². The van der Waals surface area contributed by atoms with E-state index < -0.39 is 5.97 Å². The van der Waals surface area contributed by atoms with Gasteiger partial charge < -0.3 is 10.0 Å².